The summed E-state index contributed by atoms with van der Waals surface area (Å²) >= 11 is 0. The van der Waals surface area contributed by atoms with Crippen LogP contribution < -0.4 is 36.7 Å². The standard InChI is InChI=1S/C23H32N6O4.C18H24N6O2.C12H13N5O2.ClH/c1-5-32-21-25-12-15-6-7-16-18(20(24)30)27-29(19(16)17(15)26-21)13-14-8-10-28(11-9-14)22(31)33-23(2,3)4;1-2-26-18-21-9-12-3-4-13-15(17(19)25)23-24(16(13)14(12)22-18)10-11-5-7-20-8-6-11;1-2-19-12-14-5-6-3-4-7-9(8(6)15-12)16-17-10(7)11(13)18;/h12,14H,5-11,13H2,1-4H3,(H2,24,30);9,11,20H,2-8,10H2,1H3,(H2,19,25);5H,2-4H2,1H3,(H2,13,18)(H,16,17);1H. The number of nitrogens with zero attached hydrogens (tertiary/aromatic N) is 12. The molecule has 4 amide bonds. The average molecular weight is 1110 g/mol. The van der Waals surface area contributed by atoms with Gasteiger partial charge < -0.3 is 46.4 Å². The van der Waals surface area contributed by atoms with E-state index in [1.807, 2.05) is 57.1 Å². The molecule has 6 aromatic heterocycles. The SMILES string of the molecule is CCOc1ncc2c(n1)-c1c(c(C(N)=O)nn1CC1CCN(C(=O)OC(C)(C)C)CC1)CC2.CCOc1ncc2c(n1)-c1c(c(C(N)=O)nn1CC1CCNCC1)CC2.CCOc1ncc2c(n1)-c1n[nH]c(C(N)=O)c1CC2.Cl. The first-order valence-electron chi connectivity index (χ1n) is 26.9. The Morgan fingerprint density at radius 3 is 1.46 bits per heavy atom. The smallest absolute Gasteiger partial charge is 0.410 e. The van der Waals surface area contributed by atoms with Gasteiger partial charge in [0.2, 0.25) is 0 Å². The van der Waals surface area contributed by atoms with Gasteiger partial charge in [-0.05, 0) is 147 Å². The number of ether oxygens (including phenoxy) is 4. The third kappa shape index (κ3) is 12.9. The summed E-state index contributed by atoms with van der Waals surface area (Å²) in [4.78, 5) is 75.8. The lowest BCUT2D eigenvalue weighted by atomic mass is 9.92. The van der Waals surface area contributed by atoms with Crippen LogP contribution >= 0.6 is 12.4 Å². The molecule has 79 heavy (non-hydrogen) atoms. The molecule has 0 saturated carbocycles. The van der Waals surface area contributed by atoms with Gasteiger partial charge in [0.15, 0.2) is 11.4 Å². The van der Waals surface area contributed by atoms with E-state index in [2.05, 4.69) is 55.6 Å². The molecule has 2 saturated heterocycles. The Bertz CT molecular complexity index is 3190. The van der Waals surface area contributed by atoms with Gasteiger partial charge in [0.25, 0.3) is 17.7 Å². The van der Waals surface area contributed by atoms with Crippen LogP contribution in [0.5, 0.6) is 18.0 Å². The van der Waals surface area contributed by atoms with Gasteiger partial charge >= 0.3 is 24.1 Å². The number of fused-ring (bicyclic) bond motifs is 9. The molecule has 0 radical (unpaired) electrons. The summed E-state index contributed by atoms with van der Waals surface area (Å²) in [7, 11) is 0. The second-order valence-corrected chi connectivity index (χ2v) is 20.7. The molecule has 26 heteroatoms. The van der Waals surface area contributed by atoms with Crippen LogP contribution in [0.1, 0.15) is 132 Å². The summed E-state index contributed by atoms with van der Waals surface area (Å²) in [5.74, 6) is -0.692. The minimum atomic E-state index is -0.535. The van der Waals surface area contributed by atoms with Crippen molar-refractivity contribution in [3.63, 3.8) is 0 Å². The average Bonchev–Trinajstić information content (AvgIpc) is 4.38. The highest BCUT2D eigenvalue weighted by Gasteiger charge is 2.34. The van der Waals surface area contributed by atoms with Crippen LogP contribution in [-0.2, 0) is 56.4 Å². The molecule has 0 atom stereocenters. The highest BCUT2D eigenvalue weighted by Crippen LogP contribution is 2.38. The van der Waals surface area contributed by atoms with Gasteiger partial charge in [-0.25, -0.2) is 19.7 Å². The first kappa shape index (κ1) is 57.4. The van der Waals surface area contributed by atoms with Crippen molar-refractivity contribution in [3.8, 4) is 52.2 Å². The van der Waals surface area contributed by atoms with E-state index in [-0.39, 0.29) is 18.5 Å². The topological polar surface area (TPSA) is 340 Å². The summed E-state index contributed by atoms with van der Waals surface area (Å²) in [6.45, 7) is 17.4. The number of aryl methyl sites for hydroxylation is 3. The van der Waals surface area contributed by atoms with Crippen molar-refractivity contribution in [2.24, 2.45) is 29.0 Å². The number of primary amides is 3. The Morgan fingerprint density at radius 1 is 0.595 bits per heavy atom. The molecule has 0 bridgehead atoms. The number of H-pyrrole nitrogens is 1. The van der Waals surface area contributed by atoms with Crippen molar-refractivity contribution in [2.45, 2.75) is 124 Å². The van der Waals surface area contributed by atoms with Gasteiger partial charge in [-0.2, -0.15) is 30.2 Å². The number of likely N-dealkylation sites (tertiary alicyclic amines) is 1. The lowest BCUT2D eigenvalue weighted by Gasteiger charge is -2.33. The minimum absolute atomic E-state index is 0. The molecule has 8 heterocycles. The lowest BCUT2D eigenvalue weighted by molar-refractivity contribution is 0.0176. The van der Waals surface area contributed by atoms with E-state index in [0.717, 1.165) is 127 Å². The third-order valence-electron chi connectivity index (χ3n) is 14.2. The fraction of sp³-hybridized carbons (Fsp3) is 0.528. The zero-order valence-corrected chi connectivity index (χ0v) is 46.4. The van der Waals surface area contributed by atoms with E-state index in [4.69, 9.17) is 36.1 Å². The largest absolute Gasteiger partial charge is 0.464 e. The van der Waals surface area contributed by atoms with E-state index in [1.54, 1.807) is 17.3 Å². The number of hydrogen-bond acceptors (Lipinski definition) is 18. The molecular weight excluding hydrogens is 1040 g/mol. The first-order chi connectivity index (χ1) is 37.5. The number of carbonyl (C=O) groups is 4. The molecule has 0 spiro atoms. The normalized spacial score (nSPS) is 15.3. The molecule has 2 aliphatic heterocycles. The Balaban J connectivity index is 0.000000161. The van der Waals surface area contributed by atoms with Crippen LogP contribution in [0.2, 0.25) is 0 Å². The lowest BCUT2D eigenvalue weighted by Crippen LogP contribution is -2.42. The monoisotopic (exact) mass is 1110 g/mol. The molecule has 422 valence electrons. The maximum absolute atomic E-state index is 12.4. The fourth-order valence-electron chi connectivity index (χ4n) is 10.6. The van der Waals surface area contributed by atoms with Crippen molar-refractivity contribution < 1.29 is 38.1 Å². The molecular formula is C53H70ClN17O8. The molecule has 8 N–H and O–H groups in total. The molecule has 11 rings (SSSR count). The number of nitrogens with two attached hydrogens (primary N) is 3. The van der Waals surface area contributed by atoms with Gasteiger partial charge in [0.05, 0.1) is 42.6 Å². The van der Waals surface area contributed by atoms with Gasteiger partial charge in [0, 0.05) is 61.5 Å². The number of aromatic amines is 1. The Morgan fingerprint density at radius 2 is 1.03 bits per heavy atom. The highest BCUT2D eigenvalue weighted by atomic mass is 35.5. The summed E-state index contributed by atoms with van der Waals surface area (Å²) in [5, 5.41) is 19.4. The second-order valence-electron chi connectivity index (χ2n) is 20.7. The zero-order valence-electron chi connectivity index (χ0n) is 45.6. The number of nitrogens with one attached hydrogen (secondary N) is 2. The number of carbonyl (C=O) groups excluding carboxylic acids is 4. The van der Waals surface area contributed by atoms with Crippen molar-refractivity contribution in [1.29, 1.82) is 0 Å². The maximum atomic E-state index is 12.4. The molecule has 6 aromatic rings. The van der Waals surface area contributed by atoms with Gasteiger partial charge in [-0.15, -0.1) is 12.4 Å². The Kier molecular flexibility index (Phi) is 18.1. The second kappa shape index (κ2) is 24.9. The highest BCUT2D eigenvalue weighted by molar-refractivity contribution is 5.96. The maximum Gasteiger partial charge on any atom is 0.410 e. The van der Waals surface area contributed by atoms with E-state index in [9.17, 15) is 19.2 Å². The number of hydrogen-bond donors (Lipinski definition) is 5. The number of rotatable bonds is 13. The number of aromatic nitrogens is 12. The van der Waals surface area contributed by atoms with Crippen LogP contribution in [0.4, 0.5) is 4.79 Å². The van der Waals surface area contributed by atoms with Crippen molar-refractivity contribution in [2.75, 3.05) is 46.0 Å². The minimum Gasteiger partial charge on any atom is -0.464 e. The Labute approximate surface area is 463 Å². The van der Waals surface area contributed by atoms with Crippen LogP contribution in [0, 0.1) is 11.8 Å². The molecule has 2 fully saturated rings. The number of amides is 4. The van der Waals surface area contributed by atoms with Gasteiger partial charge in [-0.1, -0.05) is 0 Å². The van der Waals surface area contributed by atoms with E-state index in [1.165, 1.54) is 0 Å². The van der Waals surface area contributed by atoms with Crippen molar-refractivity contribution >= 4 is 36.2 Å². The summed E-state index contributed by atoms with van der Waals surface area (Å²) in [6, 6.07) is 0.982. The van der Waals surface area contributed by atoms with Gasteiger partial charge in [0.1, 0.15) is 22.7 Å². The van der Waals surface area contributed by atoms with Crippen LogP contribution in [-0.4, -0.2) is 140 Å². The third-order valence-corrected chi connectivity index (χ3v) is 14.2. The summed E-state index contributed by atoms with van der Waals surface area (Å²) in [6.07, 6.45) is 13.3. The van der Waals surface area contributed by atoms with Crippen LogP contribution in [0.15, 0.2) is 18.6 Å². The van der Waals surface area contributed by atoms with Crippen molar-refractivity contribution in [1.82, 2.24) is 69.9 Å². The molecule has 3 aliphatic carbocycles. The predicted octanol–water partition coefficient (Wildman–Crippen LogP) is 4.40. The van der Waals surface area contributed by atoms with E-state index >= 15 is 0 Å². The summed E-state index contributed by atoms with van der Waals surface area (Å²) < 4.78 is 25.6. The predicted molar refractivity (Wildman–Crippen MR) is 291 cm³/mol. The number of halogens is 1. The van der Waals surface area contributed by atoms with Crippen molar-refractivity contribution in [3.05, 3.63) is 69.1 Å². The molecule has 25 nitrogen and oxygen atoms in total. The Hall–Kier alpha value is -7.80. The van der Waals surface area contributed by atoms with Crippen LogP contribution in [0.3, 0.4) is 0 Å². The molecule has 0 unspecified atom stereocenters. The quantitative estimate of drug-likeness (QED) is 0.107. The van der Waals surface area contributed by atoms with Gasteiger partial charge in [-0.3, -0.25) is 28.8 Å². The number of piperidine rings is 2. The summed E-state index contributed by atoms with van der Waals surface area (Å²) in [5.41, 5.74) is 27.4. The fourth-order valence-corrected chi connectivity index (χ4v) is 10.6. The first-order valence-corrected chi connectivity index (χ1v) is 26.9. The molecule has 5 aliphatic rings. The van der Waals surface area contributed by atoms with E-state index < -0.39 is 23.3 Å². The van der Waals surface area contributed by atoms with Crippen LogP contribution in [0.25, 0.3) is 34.2 Å². The van der Waals surface area contributed by atoms with E-state index in [0.29, 0.717) is 111 Å². The zero-order chi connectivity index (χ0) is 55.3. The molecule has 0 aromatic carbocycles.